The fraction of sp³-hybridized carbons (Fsp3) is 0.292. The summed E-state index contributed by atoms with van der Waals surface area (Å²) in [6, 6.07) is 18.2. The van der Waals surface area contributed by atoms with E-state index in [0.29, 0.717) is 0 Å². The fourth-order valence-corrected chi connectivity index (χ4v) is 3.64. The molecule has 7 nitrogen and oxygen atoms in total. The van der Waals surface area contributed by atoms with E-state index in [9.17, 15) is 9.59 Å². The lowest BCUT2D eigenvalue weighted by molar-refractivity contribution is 0.101. The number of para-hydroxylation sites is 1. The molecule has 0 unspecified atom stereocenters. The van der Waals surface area contributed by atoms with Crippen molar-refractivity contribution >= 4 is 17.3 Å². The predicted octanol–water partition coefficient (Wildman–Crippen LogP) is 3.48. The lowest BCUT2D eigenvalue weighted by Crippen LogP contribution is -2.28. The number of anilines is 2. The van der Waals surface area contributed by atoms with Crippen molar-refractivity contribution in [3.8, 4) is 5.75 Å². The Kier molecular flexibility index (Phi) is 6.31. The molecule has 7 heteroatoms. The van der Waals surface area contributed by atoms with E-state index in [2.05, 4.69) is 21.4 Å². The molecule has 1 aliphatic heterocycles. The molecule has 0 saturated carbocycles. The zero-order valence-electron chi connectivity index (χ0n) is 17.6. The summed E-state index contributed by atoms with van der Waals surface area (Å²) in [5.74, 6) is 0.368. The van der Waals surface area contributed by atoms with Crippen molar-refractivity contribution in [1.82, 2.24) is 9.78 Å². The Labute approximate surface area is 181 Å². The molecule has 0 bridgehead atoms. The average molecular weight is 418 g/mol. The summed E-state index contributed by atoms with van der Waals surface area (Å²) in [5.41, 5.74) is 2.81. The monoisotopic (exact) mass is 418 g/mol. The van der Waals surface area contributed by atoms with Crippen LogP contribution < -0.4 is 20.5 Å². The molecule has 1 saturated heterocycles. The van der Waals surface area contributed by atoms with E-state index >= 15 is 0 Å². The Bertz CT molecular complexity index is 1110. The highest BCUT2D eigenvalue weighted by atomic mass is 16.5. The van der Waals surface area contributed by atoms with Crippen LogP contribution >= 0.6 is 0 Å². The van der Waals surface area contributed by atoms with Gasteiger partial charge in [0.2, 0.25) is 0 Å². The smallest absolute Gasteiger partial charge is 0.276 e. The molecular weight excluding hydrogens is 392 g/mol. The van der Waals surface area contributed by atoms with Gasteiger partial charge in [-0.2, -0.15) is 5.10 Å². The second kappa shape index (κ2) is 9.47. The van der Waals surface area contributed by atoms with Gasteiger partial charge in [-0.1, -0.05) is 18.2 Å². The Morgan fingerprint density at radius 1 is 1.06 bits per heavy atom. The number of nitrogens with zero attached hydrogens (tertiary/aromatic N) is 3. The highest BCUT2D eigenvalue weighted by molar-refractivity contribution is 6.03. The molecule has 2 aromatic carbocycles. The van der Waals surface area contributed by atoms with Crippen LogP contribution in [0.1, 0.15) is 28.9 Å². The number of carbonyl (C=O) groups excluding carboxylic acids is 1. The number of carbonyl (C=O) groups is 1. The first kappa shape index (κ1) is 20.7. The number of aryl methyl sites for hydroxylation is 1. The molecule has 0 atom stereocenters. The van der Waals surface area contributed by atoms with Crippen LogP contribution in [-0.2, 0) is 6.54 Å². The van der Waals surface area contributed by atoms with Gasteiger partial charge >= 0.3 is 0 Å². The normalized spacial score (nSPS) is 13.3. The highest BCUT2D eigenvalue weighted by Crippen LogP contribution is 2.25. The van der Waals surface area contributed by atoms with Gasteiger partial charge in [0.05, 0.1) is 6.54 Å². The lowest BCUT2D eigenvalue weighted by atomic mass is 10.1. The van der Waals surface area contributed by atoms with Crippen molar-refractivity contribution in [3.63, 3.8) is 0 Å². The molecule has 3 aromatic rings. The van der Waals surface area contributed by atoms with Gasteiger partial charge in [0.1, 0.15) is 18.1 Å². The second-order valence-electron chi connectivity index (χ2n) is 7.59. The predicted molar refractivity (Wildman–Crippen MR) is 121 cm³/mol. The number of aromatic nitrogens is 2. The molecule has 0 radical (unpaired) electrons. The maximum Gasteiger partial charge on any atom is 0.276 e. The summed E-state index contributed by atoms with van der Waals surface area (Å²) in [7, 11) is 0. The quantitative estimate of drug-likeness (QED) is 0.636. The molecule has 4 rings (SSSR count). The van der Waals surface area contributed by atoms with Gasteiger partial charge in [-0.3, -0.25) is 9.59 Å². The van der Waals surface area contributed by atoms with E-state index < -0.39 is 0 Å². The molecule has 1 N–H and O–H groups in total. The summed E-state index contributed by atoms with van der Waals surface area (Å²) < 4.78 is 6.88. The van der Waals surface area contributed by atoms with Crippen molar-refractivity contribution in [3.05, 3.63) is 82.3 Å². The summed E-state index contributed by atoms with van der Waals surface area (Å²) in [6.45, 7) is 4.65. The van der Waals surface area contributed by atoms with Crippen LogP contribution in [0.5, 0.6) is 5.75 Å². The average Bonchev–Trinajstić information content (AvgIpc) is 3.32. The van der Waals surface area contributed by atoms with Crippen molar-refractivity contribution < 1.29 is 9.53 Å². The number of benzene rings is 2. The zero-order chi connectivity index (χ0) is 21.6. The Hall–Kier alpha value is -3.61. The van der Waals surface area contributed by atoms with E-state index in [0.717, 1.165) is 30.1 Å². The van der Waals surface area contributed by atoms with E-state index in [1.807, 2.05) is 49.4 Å². The third kappa shape index (κ3) is 5.12. The number of nitrogens with one attached hydrogen (secondary N) is 1. The van der Waals surface area contributed by atoms with Crippen LogP contribution in [0, 0.1) is 6.92 Å². The number of amides is 1. The first-order valence-corrected chi connectivity index (χ1v) is 10.5. The summed E-state index contributed by atoms with van der Waals surface area (Å²) in [4.78, 5) is 27.2. The first-order valence-electron chi connectivity index (χ1n) is 10.5. The third-order valence-electron chi connectivity index (χ3n) is 5.34. The Morgan fingerprint density at radius 2 is 1.84 bits per heavy atom. The molecule has 1 amide bonds. The number of hydrogen-bond donors (Lipinski definition) is 1. The summed E-state index contributed by atoms with van der Waals surface area (Å²) in [5, 5.41) is 7.12. The number of rotatable bonds is 7. The van der Waals surface area contributed by atoms with Gasteiger partial charge in [0.15, 0.2) is 0 Å². The number of hydrogen-bond acceptors (Lipinski definition) is 5. The molecule has 2 heterocycles. The molecule has 1 aliphatic rings. The largest absolute Gasteiger partial charge is 0.492 e. The third-order valence-corrected chi connectivity index (χ3v) is 5.34. The summed E-state index contributed by atoms with van der Waals surface area (Å²) in [6.07, 6.45) is 2.44. The molecular formula is C24H26N4O3. The van der Waals surface area contributed by atoms with Crippen molar-refractivity contribution in [2.24, 2.45) is 0 Å². The highest BCUT2D eigenvalue weighted by Gasteiger charge is 2.15. The van der Waals surface area contributed by atoms with E-state index in [1.54, 1.807) is 0 Å². The van der Waals surface area contributed by atoms with E-state index in [-0.39, 0.29) is 30.3 Å². The molecule has 1 aromatic heterocycles. The van der Waals surface area contributed by atoms with Crippen molar-refractivity contribution in [1.29, 1.82) is 0 Å². The van der Waals surface area contributed by atoms with Gasteiger partial charge in [-0.25, -0.2) is 4.68 Å². The summed E-state index contributed by atoms with van der Waals surface area (Å²) >= 11 is 0. The van der Waals surface area contributed by atoms with Gasteiger partial charge in [0.25, 0.3) is 11.5 Å². The zero-order valence-corrected chi connectivity index (χ0v) is 17.6. The second-order valence-corrected chi connectivity index (χ2v) is 7.59. The van der Waals surface area contributed by atoms with Crippen LogP contribution in [0.2, 0.25) is 0 Å². The van der Waals surface area contributed by atoms with Gasteiger partial charge in [-0.15, -0.1) is 0 Å². The van der Waals surface area contributed by atoms with Crippen LogP contribution in [-0.4, -0.2) is 35.4 Å². The van der Waals surface area contributed by atoms with E-state index in [1.165, 1.54) is 35.3 Å². The minimum absolute atomic E-state index is 0.183. The Morgan fingerprint density at radius 3 is 2.58 bits per heavy atom. The molecule has 160 valence electrons. The van der Waals surface area contributed by atoms with Crippen molar-refractivity contribution in [2.45, 2.75) is 26.3 Å². The topological polar surface area (TPSA) is 76.5 Å². The van der Waals surface area contributed by atoms with Gasteiger partial charge < -0.3 is 15.0 Å². The van der Waals surface area contributed by atoms with Crippen LogP contribution in [0.3, 0.4) is 0 Å². The first-order chi connectivity index (χ1) is 15.1. The standard InChI is InChI=1S/C24H26N4O3/c1-18-17-19(27-13-5-6-14-27)9-10-21(18)25-24(30)22-11-12-23(29)28(26-22)15-16-31-20-7-3-2-4-8-20/h2-4,7-12,17H,5-6,13-16H2,1H3,(H,25,30). The van der Waals surface area contributed by atoms with Crippen molar-refractivity contribution in [2.75, 3.05) is 29.9 Å². The van der Waals surface area contributed by atoms with Crippen LogP contribution in [0.25, 0.3) is 0 Å². The molecule has 31 heavy (non-hydrogen) atoms. The molecule has 0 aliphatic carbocycles. The van der Waals surface area contributed by atoms with Gasteiger partial charge in [-0.05, 0) is 61.7 Å². The maximum absolute atomic E-state index is 12.7. The molecule has 0 spiro atoms. The number of ether oxygens (including phenoxy) is 1. The Balaban J connectivity index is 1.41. The fourth-order valence-electron chi connectivity index (χ4n) is 3.64. The minimum Gasteiger partial charge on any atom is -0.492 e. The van der Waals surface area contributed by atoms with E-state index in [4.69, 9.17) is 4.74 Å². The van der Waals surface area contributed by atoms with Crippen LogP contribution in [0.4, 0.5) is 11.4 Å². The minimum atomic E-state index is -0.352. The lowest BCUT2D eigenvalue weighted by Gasteiger charge is -2.19. The van der Waals surface area contributed by atoms with Gasteiger partial charge in [0, 0.05) is 30.5 Å². The SMILES string of the molecule is Cc1cc(N2CCCC2)ccc1NC(=O)c1ccc(=O)n(CCOc2ccccc2)n1. The molecule has 1 fully saturated rings. The maximum atomic E-state index is 12.7. The van der Waals surface area contributed by atoms with Crippen LogP contribution in [0.15, 0.2) is 65.5 Å².